The second-order valence-electron chi connectivity index (χ2n) is 3.22. The maximum Gasteiger partial charge on any atom is 0.314 e. The Morgan fingerprint density at radius 1 is 1.62 bits per heavy atom. The van der Waals surface area contributed by atoms with Gasteiger partial charge >= 0.3 is 12.0 Å². The van der Waals surface area contributed by atoms with Crippen LogP contribution in [0.2, 0.25) is 0 Å². The number of aliphatic hydroxyl groups is 1. The number of nitrogens with one attached hydrogen (secondary N) is 1. The minimum Gasteiger partial charge on any atom is -0.481 e. The Kier molecular flexibility index (Phi) is 2.42. The summed E-state index contributed by atoms with van der Waals surface area (Å²) in [5.74, 6) is -1.10. The summed E-state index contributed by atoms with van der Waals surface area (Å²) in [6.45, 7) is -0.479. The average Bonchev–Trinajstić information content (AvgIpc) is 1.99. The Labute approximate surface area is 74.7 Å². The van der Waals surface area contributed by atoms with Gasteiger partial charge in [-0.05, 0) is 12.8 Å². The molecule has 1 rings (SSSR count). The quantitative estimate of drug-likeness (QED) is 0.449. The van der Waals surface area contributed by atoms with Crippen LogP contribution in [0, 0.1) is 5.41 Å². The standard InChI is InChI=1S/C7H12N2O4/c8-6(13)9-4-1-2-7(4,3-10)5(11)12/h4,10H,1-3H2,(H,11,12)(H3,8,9,13). The molecule has 1 fully saturated rings. The number of carboxylic acids is 1. The van der Waals surface area contributed by atoms with Crippen molar-refractivity contribution >= 4 is 12.0 Å². The Hall–Kier alpha value is -1.30. The van der Waals surface area contributed by atoms with Gasteiger partial charge < -0.3 is 21.3 Å². The van der Waals surface area contributed by atoms with Crippen LogP contribution in [0.15, 0.2) is 0 Å². The van der Waals surface area contributed by atoms with Crippen LogP contribution in [-0.4, -0.2) is 34.9 Å². The fourth-order valence-corrected chi connectivity index (χ4v) is 1.53. The van der Waals surface area contributed by atoms with Gasteiger partial charge in [0.2, 0.25) is 0 Å². The molecule has 0 aromatic carbocycles. The number of urea groups is 1. The van der Waals surface area contributed by atoms with Gasteiger partial charge in [-0.3, -0.25) is 4.79 Å². The summed E-state index contributed by atoms with van der Waals surface area (Å²) in [7, 11) is 0. The number of amides is 2. The Morgan fingerprint density at radius 3 is 2.46 bits per heavy atom. The zero-order valence-electron chi connectivity index (χ0n) is 6.99. The van der Waals surface area contributed by atoms with Crippen LogP contribution in [0.5, 0.6) is 0 Å². The normalized spacial score (nSPS) is 31.9. The number of primary amides is 1. The second-order valence-corrected chi connectivity index (χ2v) is 3.22. The van der Waals surface area contributed by atoms with E-state index < -0.39 is 30.1 Å². The molecule has 6 heteroatoms. The van der Waals surface area contributed by atoms with E-state index in [4.69, 9.17) is 15.9 Å². The summed E-state index contributed by atoms with van der Waals surface area (Å²) in [6, 6.07) is -1.31. The zero-order valence-corrected chi connectivity index (χ0v) is 6.99. The van der Waals surface area contributed by atoms with Crippen molar-refractivity contribution in [2.24, 2.45) is 11.1 Å². The summed E-state index contributed by atoms with van der Waals surface area (Å²) in [4.78, 5) is 21.2. The maximum absolute atomic E-state index is 10.8. The van der Waals surface area contributed by atoms with Crippen LogP contribution < -0.4 is 11.1 Å². The number of carbonyl (C=O) groups excluding carboxylic acids is 1. The van der Waals surface area contributed by atoms with Crippen molar-refractivity contribution in [3.63, 3.8) is 0 Å². The number of carboxylic acid groups (broad SMARTS) is 1. The molecule has 1 saturated carbocycles. The third-order valence-corrected chi connectivity index (χ3v) is 2.57. The molecule has 6 nitrogen and oxygen atoms in total. The van der Waals surface area contributed by atoms with E-state index in [1.54, 1.807) is 0 Å². The molecule has 2 unspecified atom stereocenters. The van der Waals surface area contributed by atoms with Gasteiger partial charge in [0.25, 0.3) is 0 Å². The highest BCUT2D eigenvalue weighted by molar-refractivity contribution is 5.79. The first-order valence-corrected chi connectivity index (χ1v) is 3.93. The van der Waals surface area contributed by atoms with E-state index in [1.165, 1.54) is 0 Å². The Balaban J connectivity index is 2.68. The molecule has 0 spiro atoms. The number of carbonyl (C=O) groups is 2. The number of rotatable bonds is 3. The highest BCUT2D eigenvalue weighted by Crippen LogP contribution is 2.40. The summed E-state index contributed by atoms with van der Waals surface area (Å²) in [6.07, 6.45) is 0.902. The Morgan fingerprint density at radius 2 is 2.23 bits per heavy atom. The van der Waals surface area contributed by atoms with Crippen molar-refractivity contribution in [3.8, 4) is 0 Å². The predicted molar refractivity (Wildman–Crippen MR) is 42.9 cm³/mol. The average molecular weight is 188 g/mol. The van der Waals surface area contributed by atoms with Crippen molar-refractivity contribution in [2.45, 2.75) is 18.9 Å². The number of nitrogens with two attached hydrogens (primary N) is 1. The van der Waals surface area contributed by atoms with Gasteiger partial charge in [0.1, 0.15) is 5.41 Å². The van der Waals surface area contributed by atoms with E-state index in [0.29, 0.717) is 12.8 Å². The fraction of sp³-hybridized carbons (Fsp3) is 0.714. The van der Waals surface area contributed by atoms with Crippen molar-refractivity contribution in [1.29, 1.82) is 0 Å². The molecular formula is C7H12N2O4. The molecule has 0 bridgehead atoms. The van der Waals surface area contributed by atoms with Gasteiger partial charge in [0.05, 0.1) is 6.61 Å². The number of aliphatic carboxylic acids is 1. The van der Waals surface area contributed by atoms with E-state index in [-0.39, 0.29) is 0 Å². The van der Waals surface area contributed by atoms with E-state index in [1.807, 2.05) is 0 Å². The lowest BCUT2D eigenvalue weighted by molar-refractivity contribution is -0.161. The third kappa shape index (κ3) is 1.44. The first-order valence-electron chi connectivity index (χ1n) is 3.93. The van der Waals surface area contributed by atoms with E-state index in [9.17, 15) is 9.59 Å². The lowest BCUT2D eigenvalue weighted by Gasteiger charge is -2.44. The van der Waals surface area contributed by atoms with Crippen LogP contribution in [-0.2, 0) is 4.79 Å². The van der Waals surface area contributed by atoms with E-state index in [2.05, 4.69) is 5.32 Å². The molecule has 0 heterocycles. The van der Waals surface area contributed by atoms with Crippen molar-refractivity contribution in [3.05, 3.63) is 0 Å². The summed E-state index contributed by atoms with van der Waals surface area (Å²) in [5, 5.41) is 20.0. The van der Waals surface area contributed by atoms with Crippen LogP contribution in [0.1, 0.15) is 12.8 Å². The molecule has 74 valence electrons. The van der Waals surface area contributed by atoms with Crippen LogP contribution in [0.4, 0.5) is 4.79 Å². The summed E-state index contributed by atoms with van der Waals surface area (Å²) < 4.78 is 0. The van der Waals surface area contributed by atoms with Crippen molar-refractivity contribution in [2.75, 3.05) is 6.61 Å². The zero-order chi connectivity index (χ0) is 10.1. The Bertz CT molecular complexity index is 239. The molecule has 2 atom stereocenters. The molecule has 5 N–H and O–H groups in total. The van der Waals surface area contributed by atoms with E-state index in [0.717, 1.165) is 0 Å². The van der Waals surface area contributed by atoms with Crippen LogP contribution in [0.25, 0.3) is 0 Å². The third-order valence-electron chi connectivity index (χ3n) is 2.57. The first-order chi connectivity index (χ1) is 6.03. The smallest absolute Gasteiger partial charge is 0.314 e. The highest BCUT2D eigenvalue weighted by atomic mass is 16.4. The van der Waals surface area contributed by atoms with Gasteiger partial charge in [-0.2, -0.15) is 0 Å². The molecule has 0 radical (unpaired) electrons. The number of hydrogen-bond acceptors (Lipinski definition) is 3. The van der Waals surface area contributed by atoms with Gasteiger partial charge in [-0.25, -0.2) is 4.79 Å². The summed E-state index contributed by atoms with van der Waals surface area (Å²) >= 11 is 0. The lowest BCUT2D eigenvalue weighted by Crippen LogP contribution is -2.61. The fourth-order valence-electron chi connectivity index (χ4n) is 1.53. The van der Waals surface area contributed by atoms with Gasteiger partial charge in [-0.1, -0.05) is 0 Å². The minimum atomic E-state index is -1.23. The van der Waals surface area contributed by atoms with Gasteiger partial charge in [-0.15, -0.1) is 0 Å². The van der Waals surface area contributed by atoms with Crippen LogP contribution in [0.3, 0.4) is 0 Å². The monoisotopic (exact) mass is 188 g/mol. The molecular weight excluding hydrogens is 176 g/mol. The van der Waals surface area contributed by atoms with Gasteiger partial charge in [0, 0.05) is 6.04 Å². The molecule has 0 aromatic rings. The minimum absolute atomic E-state index is 0.365. The largest absolute Gasteiger partial charge is 0.481 e. The molecule has 0 saturated heterocycles. The highest BCUT2D eigenvalue weighted by Gasteiger charge is 2.53. The van der Waals surface area contributed by atoms with Gasteiger partial charge in [0.15, 0.2) is 0 Å². The topological polar surface area (TPSA) is 113 Å². The van der Waals surface area contributed by atoms with Crippen molar-refractivity contribution in [1.82, 2.24) is 5.32 Å². The van der Waals surface area contributed by atoms with E-state index >= 15 is 0 Å². The maximum atomic E-state index is 10.8. The number of aliphatic hydroxyl groups excluding tert-OH is 1. The van der Waals surface area contributed by atoms with Crippen molar-refractivity contribution < 1.29 is 19.8 Å². The predicted octanol–water partition coefficient (Wildman–Crippen LogP) is -1.12. The second kappa shape index (κ2) is 3.21. The molecule has 13 heavy (non-hydrogen) atoms. The molecule has 1 aliphatic rings. The summed E-state index contributed by atoms with van der Waals surface area (Å²) in [5.41, 5.74) is 3.63. The molecule has 0 aliphatic heterocycles. The first kappa shape index (κ1) is 9.79. The lowest BCUT2D eigenvalue weighted by atomic mass is 9.65. The number of hydrogen-bond donors (Lipinski definition) is 4. The molecule has 2 amide bonds. The SMILES string of the molecule is NC(=O)NC1CCC1(CO)C(=O)O. The molecule has 1 aliphatic carbocycles. The molecule has 0 aromatic heterocycles. The van der Waals surface area contributed by atoms with Crippen LogP contribution >= 0.6 is 0 Å².